The van der Waals surface area contributed by atoms with Gasteiger partial charge in [-0.05, 0) is 60.9 Å². The van der Waals surface area contributed by atoms with Gasteiger partial charge in [-0.3, -0.25) is 0 Å². The molecule has 1 atom stereocenters. The predicted molar refractivity (Wildman–Crippen MR) is 126 cm³/mol. The van der Waals surface area contributed by atoms with Crippen molar-refractivity contribution in [2.24, 2.45) is 0 Å². The van der Waals surface area contributed by atoms with Gasteiger partial charge in [0.1, 0.15) is 17.8 Å². The van der Waals surface area contributed by atoms with E-state index in [1.165, 1.54) is 18.2 Å². The zero-order valence-corrected chi connectivity index (χ0v) is 19.0. The zero-order valence-electron chi connectivity index (χ0n) is 19.0. The number of nitrogens with zero attached hydrogens (tertiary/aromatic N) is 5. The molecule has 0 spiro atoms. The van der Waals surface area contributed by atoms with E-state index < -0.39 is 0 Å². The average Bonchev–Trinajstić information content (AvgIpc) is 3.35. The van der Waals surface area contributed by atoms with Gasteiger partial charge in [0.05, 0.1) is 23.4 Å². The Labute approximate surface area is 191 Å². The van der Waals surface area contributed by atoms with Crippen LogP contribution in [0.2, 0.25) is 0 Å². The number of imidazole rings is 1. The molecule has 0 bridgehead atoms. The maximum Gasteiger partial charge on any atom is 0.154 e. The third kappa shape index (κ3) is 3.63. The maximum absolute atomic E-state index is 15.3. The Balaban J connectivity index is 1.64. The fourth-order valence-corrected chi connectivity index (χ4v) is 4.34. The van der Waals surface area contributed by atoms with Crippen molar-refractivity contribution in [2.45, 2.75) is 32.9 Å². The van der Waals surface area contributed by atoms with Gasteiger partial charge < -0.3 is 14.4 Å². The van der Waals surface area contributed by atoms with E-state index in [1.807, 2.05) is 37.1 Å². The Morgan fingerprint density at radius 1 is 0.939 bits per heavy atom. The maximum atomic E-state index is 15.3. The second-order valence-corrected chi connectivity index (χ2v) is 8.70. The number of fused-ring (bicyclic) bond motifs is 1. The van der Waals surface area contributed by atoms with Crippen molar-refractivity contribution in [1.29, 1.82) is 0 Å². The van der Waals surface area contributed by atoms with Crippen LogP contribution in [0.15, 0.2) is 67.1 Å². The number of aryl methyl sites for hydroxylation is 1. The van der Waals surface area contributed by atoms with Crippen molar-refractivity contribution in [3.05, 3.63) is 95.7 Å². The fraction of sp³-hybridized carbons (Fsp3) is 0.231. The van der Waals surface area contributed by atoms with Crippen LogP contribution < -0.4 is 9.80 Å². The van der Waals surface area contributed by atoms with Crippen LogP contribution in [0.5, 0.6) is 0 Å². The smallest absolute Gasteiger partial charge is 0.154 e. The number of hydrogen-bond acceptors (Lipinski definition) is 4. The summed E-state index contributed by atoms with van der Waals surface area (Å²) in [5, 5.41) is 0. The Bertz CT molecular complexity index is 1310. The number of halogens is 2. The quantitative estimate of drug-likeness (QED) is 0.371. The highest BCUT2D eigenvalue weighted by Gasteiger charge is 2.37. The molecule has 2 aromatic carbocycles. The molecule has 0 aliphatic carbocycles. The molecular formula is C26H25F2N5. The zero-order chi connectivity index (χ0) is 23.3. The highest BCUT2D eigenvalue weighted by molar-refractivity contribution is 5.82. The van der Waals surface area contributed by atoms with Crippen molar-refractivity contribution in [1.82, 2.24) is 14.5 Å². The standard InChI is InChI=1S/C26H25F2N5/c1-16(2)22-10-12-24-25(30-22)31(4)26(18-5-7-19(27)8-6-18)33(24)20-9-11-23(21(28)13-20)32-14-17(3)29-15-32/h5-16,26H,1-4H3. The number of benzene rings is 2. The van der Waals surface area contributed by atoms with Crippen LogP contribution in [-0.2, 0) is 0 Å². The molecule has 4 aromatic rings. The van der Waals surface area contributed by atoms with E-state index in [4.69, 9.17) is 4.98 Å². The molecule has 168 valence electrons. The Morgan fingerprint density at radius 2 is 1.67 bits per heavy atom. The molecule has 2 aromatic heterocycles. The van der Waals surface area contributed by atoms with E-state index in [2.05, 4.69) is 23.7 Å². The average molecular weight is 446 g/mol. The van der Waals surface area contributed by atoms with Crippen molar-refractivity contribution in [3.63, 3.8) is 0 Å². The number of hydrogen-bond donors (Lipinski definition) is 0. The predicted octanol–water partition coefficient (Wildman–Crippen LogP) is 6.26. The molecule has 1 aliphatic heterocycles. The van der Waals surface area contributed by atoms with Gasteiger partial charge in [-0.15, -0.1) is 0 Å². The van der Waals surface area contributed by atoms with Gasteiger partial charge in [-0.25, -0.2) is 18.7 Å². The van der Waals surface area contributed by atoms with E-state index in [9.17, 15) is 4.39 Å². The lowest BCUT2D eigenvalue weighted by atomic mass is 10.1. The third-order valence-corrected chi connectivity index (χ3v) is 6.04. The van der Waals surface area contributed by atoms with Crippen molar-refractivity contribution < 1.29 is 8.78 Å². The van der Waals surface area contributed by atoms with Gasteiger partial charge in [-0.2, -0.15) is 0 Å². The molecular weight excluding hydrogens is 420 g/mol. The summed E-state index contributed by atoms with van der Waals surface area (Å²) in [5.41, 5.74) is 4.68. The van der Waals surface area contributed by atoms with Crippen LogP contribution in [0.1, 0.15) is 42.9 Å². The third-order valence-electron chi connectivity index (χ3n) is 6.04. The number of aromatic nitrogens is 3. The van der Waals surface area contributed by atoms with Gasteiger partial charge in [0.2, 0.25) is 0 Å². The van der Waals surface area contributed by atoms with E-state index >= 15 is 4.39 Å². The molecule has 3 heterocycles. The highest BCUT2D eigenvalue weighted by atomic mass is 19.1. The number of rotatable bonds is 4. The normalized spacial score (nSPS) is 15.4. The molecule has 5 rings (SSSR count). The van der Waals surface area contributed by atoms with Crippen LogP contribution in [0.3, 0.4) is 0 Å². The second-order valence-electron chi connectivity index (χ2n) is 8.70. The summed E-state index contributed by atoms with van der Waals surface area (Å²) in [7, 11) is 1.96. The summed E-state index contributed by atoms with van der Waals surface area (Å²) in [6, 6.07) is 15.6. The highest BCUT2D eigenvalue weighted by Crippen LogP contribution is 2.49. The first kappa shape index (κ1) is 21.1. The molecule has 0 saturated heterocycles. The van der Waals surface area contributed by atoms with Gasteiger partial charge >= 0.3 is 0 Å². The van der Waals surface area contributed by atoms with Crippen LogP contribution in [0, 0.1) is 18.6 Å². The molecule has 1 aliphatic rings. The minimum atomic E-state index is -0.356. The van der Waals surface area contributed by atoms with Crippen LogP contribution in [0.25, 0.3) is 5.69 Å². The topological polar surface area (TPSA) is 37.2 Å². The first-order chi connectivity index (χ1) is 15.8. The summed E-state index contributed by atoms with van der Waals surface area (Å²) in [5.74, 6) is 0.433. The molecule has 0 fully saturated rings. The van der Waals surface area contributed by atoms with Crippen LogP contribution in [0.4, 0.5) is 26.0 Å². The van der Waals surface area contributed by atoms with E-state index in [1.54, 1.807) is 35.3 Å². The first-order valence-electron chi connectivity index (χ1n) is 10.9. The second kappa shape index (κ2) is 7.99. The van der Waals surface area contributed by atoms with E-state index in [-0.39, 0.29) is 23.7 Å². The summed E-state index contributed by atoms with van der Waals surface area (Å²) in [4.78, 5) is 13.2. The Hall–Kier alpha value is -3.74. The molecule has 1 unspecified atom stereocenters. The van der Waals surface area contributed by atoms with Crippen molar-refractivity contribution in [2.75, 3.05) is 16.8 Å². The minimum Gasteiger partial charge on any atom is -0.333 e. The summed E-state index contributed by atoms with van der Waals surface area (Å²) in [6.45, 7) is 6.07. The van der Waals surface area contributed by atoms with Gasteiger partial charge in [0.25, 0.3) is 0 Å². The fourth-order valence-electron chi connectivity index (χ4n) is 4.34. The number of anilines is 3. The molecule has 7 heteroatoms. The largest absolute Gasteiger partial charge is 0.333 e. The molecule has 0 amide bonds. The minimum absolute atomic E-state index is 0.275. The van der Waals surface area contributed by atoms with E-state index in [0.29, 0.717) is 11.4 Å². The SMILES string of the molecule is Cc1cn(-c2ccc(N3c4ccc(C(C)C)nc4N(C)C3c3ccc(F)cc3)cc2F)cn1. The molecule has 0 N–H and O–H groups in total. The van der Waals surface area contributed by atoms with Gasteiger partial charge in [0.15, 0.2) is 5.82 Å². The molecule has 0 radical (unpaired) electrons. The lowest BCUT2D eigenvalue weighted by molar-refractivity contribution is 0.615. The molecule has 0 saturated carbocycles. The molecule has 33 heavy (non-hydrogen) atoms. The lowest BCUT2D eigenvalue weighted by Crippen LogP contribution is -2.30. The monoisotopic (exact) mass is 445 g/mol. The Morgan fingerprint density at radius 3 is 2.30 bits per heavy atom. The van der Waals surface area contributed by atoms with Gasteiger partial charge in [0, 0.05) is 24.6 Å². The Kier molecular flexibility index (Phi) is 5.12. The van der Waals surface area contributed by atoms with E-state index in [0.717, 1.165) is 28.5 Å². The first-order valence-corrected chi connectivity index (χ1v) is 10.9. The summed E-state index contributed by atoms with van der Waals surface area (Å²) < 4.78 is 30.6. The summed E-state index contributed by atoms with van der Waals surface area (Å²) in [6.07, 6.45) is 3.09. The van der Waals surface area contributed by atoms with Crippen LogP contribution >= 0.6 is 0 Å². The molecule has 5 nitrogen and oxygen atoms in total. The van der Waals surface area contributed by atoms with Crippen molar-refractivity contribution in [3.8, 4) is 5.69 Å². The van der Waals surface area contributed by atoms with Crippen LogP contribution in [-0.4, -0.2) is 21.6 Å². The lowest BCUT2D eigenvalue weighted by Gasteiger charge is -2.31. The summed E-state index contributed by atoms with van der Waals surface area (Å²) >= 11 is 0. The van der Waals surface area contributed by atoms with Crippen molar-refractivity contribution >= 4 is 17.2 Å². The van der Waals surface area contributed by atoms with Gasteiger partial charge in [-0.1, -0.05) is 26.0 Å². The number of pyridine rings is 1.